The number of non-ortho nitro benzene ring substituents is 1. The number of hydrogen-bond acceptors (Lipinski definition) is 4. The van der Waals surface area contributed by atoms with E-state index >= 15 is 0 Å². The lowest BCUT2D eigenvalue weighted by molar-refractivity contribution is -0.384. The van der Waals surface area contributed by atoms with Crippen molar-refractivity contribution in [3.8, 4) is 0 Å². The Kier molecular flexibility index (Phi) is 5.28. The fourth-order valence-electron chi connectivity index (χ4n) is 1.97. The van der Waals surface area contributed by atoms with Gasteiger partial charge in [-0.25, -0.2) is 9.18 Å². The minimum atomic E-state index is -0.694. The van der Waals surface area contributed by atoms with Gasteiger partial charge in [0.15, 0.2) is 0 Å². The second-order valence-corrected chi connectivity index (χ2v) is 5.28. The van der Waals surface area contributed by atoms with E-state index in [1.54, 1.807) is 0 Å². The molecular formula is C16H15FN4O4. The number of nitro groups is 1. The molecule has 9 heteroatoms. The number of amides is 3. The van der Waals surface area contributed by atoms with Crippen molar-refractivity contribution in [2.24, 2.45) is 0 Å². The average Bonchev–Trinajstić information content (AvgIpc) is 2.56. The van der Waals surface area contributed by atoms with E-state index in [4.69, 9.17) is 0 Å². The Hall–Kier alpha value is -3.49. The van der Waals surface area contributed by atoms with E-state index in [0.29, 0.717) is 5.69 Å². The summed E-state index contributed by atoms with van der Waals surface area (Å²) in [6.45, 7) is 0. The minimum absolute atomic E-state index is 0.101. The first-order chi connectivity index (χ1) is 11.8. The lowest BCUT2D eigenvalue weighted by Crippen LogP contribution is -2.24. The average molecular weight is 346 g/mol. The predicted molar refractivity (Wildman–Crippen MR) is 90.2 cm³/mol. The maximum atomic E-state index is 13.7. The zero-order chi connectivity index (χ0) is 18.6. The molecule has 25 heavy (non-hydrogen) atoms. The summed E-state index contributed by atoms with van der Waals surface area (Å²) >= 11 is 0. The summed E-state index contributed by atoms with van der Waals surface area (Å²) in [5.74, 6) is -1.23. The molecule has 0 radical (unpaired) electrons. The Morgan fingerprint density at radius 3 is 2.16 bits per heavy atom. The van der Waals surface area contributed by atoms with Gasteiger partial charge in [0.2, 0.25) is 0 Å². The largest absolute Gasteiger partial charge is 0.345 e. The molecule has 0 aromatic heterocycles. The minimum Gasteiger partial charge on any atom is -0.345 e. The van der Waals surface area contributed by atoms with Crippen molar-refractivity contribution >= 4 is 29.0 Å². The number of carbonyl (C=O) groups excluding carboxylic acids is 2. The number of halogens is 1. The predicted octanol–water partition coefficient (Wildman–Crippen LogP) is 3.08. The molecule has 0 saturated heterocycles. The van der Waals surface area contributed by atoms with Crippen LogP contribution in [-0.2, 0) is 0 Å². The number of nitrogens with zero attached hydrogens (tertiary/aromatic N) is 2. The maximum absolute atomic E-state index is 13.7. The van der Waals surface area contributed by atoms with Gasteiger partial charge < -0.3 is 15.5 Å². The van der Waals surface area contributed by atoms with Gasteiger partial charge in [-0.2, -0.15) is 0 Å². The van der Waals surface area contributed by atoms with Crippen molar-refractivity contribution in [1.82, 2.24) is 4.90 Å². The van der Waals surface area contributed by atoms with Crippen molar-refractivity contribution in [1.29, 1.82) is 0 Å². The third-order valence-corrected chi connectivity index (χ3v) is 3.20. The fourth-order valence-corrected chi connectivity index (χ4v) is 1.97. The molecule has 130 valence electrons. The number of hydrogen-bond donors (Lipinski definition) is 2. The third-order valence-electron chi connectivity index (χ3n) is 3.20. The van der Waals surface area contributed by atoms with E-state index in [2.05, 4.69) is 10.6 Å². The first kappa shape index (κ1) is 17.9. The smallest absolute Gasteiger partial charge is 0.323 e. The van der Waals surface area contributed by atoms with Crippen molar-refractivity contribution in [2.75, 3.05) is 24.7 Å². The molecule has 2 N–H and O–H groups in total. The van der Waals surface area contributed by atoms with Gasteiger partial charge in [-0.05, 0) is 30.3 Å². The zero-order valence-corrected chi connectivity index (χ0v) is 13.4. The number of rotatable bonds is 4. The highest BCUT2D eigenvalue weighted by Gasteiger charge is 2.15. The van der Waals surface area contributed by atoms with Crippen LogP contribution in [-0.4, -0.2) is 35.9 Å². The van der Waals surface area contributed by atoms with Crippen LogP contribution >= 0.6 is 0 Å². The highest BCUT2D eigenvalue weighted by atomic mass is 19.1. The monoisotopic (exact) mass is 346 g/mol. The van der Waals surface area contributed by atoms with Crippen molar-refractivity contribution < 1.29 is 18.9 Å². The highest BCUT2D eigenvalue weighted by Crippen LogP contribution is 2.18. The van der Waals surface area contributed by atoms with Crippen LogP contribution in [0.4, 0.5) is 26.2 Å². The van der Waals surface area contributed by atoms with Crippen LogP contribution in [0, 0.1) is 15.9 Å². The molecule has 0 aliphatic rings. The molecule has 8 nitrogen and oxygen atoms in total. The Labute approximate surface area is 142 Å². The quantitative estimate of drug-likeness (QED) is 0.655. The van der Waals surface area contributed by atoms with Gasteiger partial charge in [0.05, 0.1) is 10.5 Å². The van der Waals surface area contributed by atoms with E-state index in [1.165, 1.54) is 55.4 Å². The molecule has 0 fully saturated rings. The molecule has 0 atom stereocenters. The van der Waals surface area contributed by atoms with Gasteiger partial charge >= 0.3 is 6.03 Å². The second-order valence-electron chi connectivity index (χ2n) is 5.28. The first-order valence-electron chi connectivity index (χ1n) is 7.11. The molecule has 0 saturated carbocycles. The third kappa shape index (κ3) is 4.50. The van der Waals surface area contributed by atoms with Gasteiger partial charge in [-0.15, -0.1) is 0 Å². The molecule has 0 unspecified atom stereocenters. The standard InChI is InChI=1S/C16H15FN4O4/c1-20(2)15(22)13-9-11(5-8-14(13)17)19-16(23)18-10-3-6-12(7-4-10)21(24)25/h3-9H,1-2H3,(H2,18,19,23). The van der Waals surface area contributed by atoms with Gasteiger partial charge in [0.25, 0.3) is 11.6 Å². The van der Waals surface area contributed by atoms with Crippen LogP contribution in [0.15, 0.2) is 42.5 Å². The molecule has 2 aromatic rings. The zero-order valence-electron chi connectivity index (χ0n) is 13.4. The molecule has 2 aromatic carbocycles. The van der Waals surface area contributed by atoms with Crippen LogP contribution in [0.1, 0.15) is 10.4 Å². The second kappa shape index (κ2) is 7.39. The van der Waals surface area contributed by atoms with E-state index in [1.807, 2.05) is 0 Å². The molecule has 3 amide bonds. The maximum Gasteiger partial charge on any atom is 0.323 e. The summed E-state index contributed by atoms with van der Waals surface area (Å²) in [6, 6.07) is 8.25. The molecular weight excluding hydrogens is 331 g/mol. The lowest BCUT2D eigenvalue weighted by atomic mass is 10.1. The number of nitrogens with one attached hydrogen (secondary N) is 2. The van der Waals surface area contributed by atoms with Gasteiger partial charge in [0, 0.05) is 37.6 Å². The van der Waals surface area contributed by atoms with Crippen LogP contribution in [0.5, 0.6) is 0 Å². The molecule has 2 rings (SSSR count). The van der Waals surface area contributed by atoms with Crippen molar-refractivity contribution in [3.05, 3.63) is 64.0 Å². The molecule has 0 bridgehead atoms. The summed E-state index contributed by atoms with van der Waals surface area (Å²) in [5, 5.41) is 15.5. The van der Waals surface area contributed by atoms with Crippen LogP contribution in [0.2, 0.25) is 0 Å². The lowest BCUT2D eigenvalue weighted by Gasteiger charge is -2.13. The molecule has 0 heterocycles. The highest BCUT2D eigenvalue weighted by molar-refractivity contribution is 6.01. The topological polar surface area (TPSA) is 105 Å². The summed E-state index contributed by atoms with van der Waals surface area (Å²) < 4.78 is 13.7. The summed E-state index contributed by atoms with van der Waals surface area (Å²) in [6.07, 6.45) is 0. The Morgan fingerprint density at radius 2 is 1.60 bits per heavy atom. The van der Waals surface area contributed by atoms with Crippen molar-refractivity contribution in [3.63, 3.8) is 0 Å². The summed E-state index contributed by atoms with van der Waals surface area (Å²) in [4.78, 5) is 35.1. The Bertz CT molecular complexity index is 821. The first-order valence-corrected chi connectivity index (χ1v) is 7.11. The van der Waals surface area contributed by atoms with E-state index < -0.39 is 22.7 Å². The van der Waals surface area contributed by atoms with E-state index in [0.717, 1.165) is 6.07 Å². The van der Waals surface area contributed by atoms with Crippen LogP contribution in [0.25, 0.3) is 0 Å². The number of anilines is 2. The summed E-state index contributed by atoms with van der Waals surface area (Å²) in [5.41, 5.74) is 0.301. The molecule has 0 aliphatic heterocycles. The molecule has 0 aliphatic carbocycles. The van der Waals surface area contributed by atoms with Gasteiger partial charge in [-0.1, -0.05) is 0 Å². The number of carbonyl (C=O) groups is 2. The van der Waals surface area contributed by atoms with E-state index in [9.17, 15) is 24.1 Å². The van der Waals surface area contributed by atoms with Gasteiger partial charge in [-0.3, -0.25) is 14.9 Å². The Balaban J connectivity index is 2.09. The molecule has 0 spiro atoms. The summed E-state index contributed by atoms with van der Waals surface area (Å²) in [7, 11) is 2.98. The van der Waals surface area contributed by atoms with Crippen LogP contribution < -0.4 is 10.6 Å². The number of urea groups is 1. The van der Waals surface area contributed by atoms with Gasteiger partial charge in [0.1, 0.15) is 5.82 Å². The fraction of sp³-hybridized carbons (Fsp3) is 0.125. The van der Waals surface area contributed by atoms with Crippen LogP contribution in [0.3, 0.4) is 0 Å². The SMILES string of the molecule is CN(C)C(=O)c1cc(NC(=O)Nc2ccc([N+](=O)[O-])cc2)ccc1F. The Morgan fingerprint density at radius 1 is 1.04 bits per heavy atom. The normalized spacial score (nSPS) is 10.0. The number of nitro benzene ring substituents is 1. The van der Waals surface area contributed by atoms with E-state index in [-0.39, 0.29) is 16.9 Å². The van der Waals surface area contributed by atoms with Crippen molar-refractivity contribution in [2.45, 2.75) is 0 Å². The number of benzene rings is 2.